The lowest BCUT2D eigenvalue weighted by Gasteiger charge is -2.36. The summed E-state index contributed by atoms with van der Waals surface area (Å²) < 4.78 is 1.99. The molecule has 2 aromatic rings. The number of thioether (sulfide) groups is 1. The highest BCUT2D eigenvalue weighted by molar-refractivity contribution is 8.00. The van der Waals surface area contributed by atoms with Crippen LogP contribution in [0.2, 0.25) is 0 Å². The number of rotatable bonds is 5. The van der Waals surface area contributed by atoms with Gasteiger partial charge in [0.1, 0.15) is 0 Å². The molecule has 1 aliphatic rings. The maximum Gasteiger partial charge on any atom is 0.193 e. The predicted octanol–water partition coefficient (Wildman–Crippen LogP) is 3.08. The average molecular weight is 372 g/mol. The first-order valence-corrected chi connectivity index (χ1v) is 10.3. The first-order valence-electron chi connectivity index (χ1n) is 9.28. The summed E-state index contributed by atoms with van der Waals surface area (Å²) in [4.78, 5) is 6.87. The molecular formula is C20H29N5S. The van der Waals surface area contributed by atoms with E-state index < -0.39 is 0 Å². The highest BCUT2D eigenvalue weighted by atomic mass is 32.2. The van der Waals surface area contributed by atoms with Crippen molar-refractivity contribution in [2.45, 2.75) is 32.2 Å². The molecule has 1 atom stereocenters. The largest absolute Gasteiger partial charge is 0.352 e. The SMILES string of the molecule is CN=C(NCc1cnn(Cc2ccccc2)c1)N1CCSC(C(C)C)C1. The van der Waals surface area contributed by atoms with Crippen molar-refractivity contribution in [2.75, 3.05) is 25.9 Å². The molecule has 1 unspecified atom stereocenters. The molecule has 1 N–H and O–H groups in total. The molecule has 0 bridgehead atoms. The number of nitrogens with one attached hydrogen (secondary N) is 1. The van der Waals surface area contributed by atoms with Gasteiger partial charge in [0.05, 0.1) is 12.7 Å². The Morgan fingerprint density at radius 2 is 2.12 bits per heavy atom. The van der Waals surface area contributed by atoms with Gasteiger partial charge in [-0.3, -0.25) is 9.67 Å². The minimum absolute atomic E-state index is 0.677. The second-order valence-electron chi connectivity index (χ2n) is 7.03. The van der Waals surface area contributed by atoms with Crippen LogP contribution in [0.4, 0.5) is 0 Å². The topological polar surface area (TPSA) is 45.5 Å². The summed E-state index contributed by atoms with van der Waals surface area (Å²) in [7, 11) is 1.87. The molecule has 1 fully saturated rings. The second-order valence-corrected chi connectivity index (χ2v) is 8.38. The quantitative estimate of drug-likeness (QED) is 0.648. The van der Waals surface area contributed by atoms with Gasteiger partial charge in [-0.1, -0.05) is 44.2 Å². The molecule has 2 heterocycles. The molecule has 0 amide bonds. The van der Waals surface area contributed by atoms with Crippen LogP contribution in [0.15, 0.2) is 47.7 Å². The van der Waals surface area contributed by atoms with E-state index in [9.17, 15) is 0 Å². The molecule has 0 aliphatic carbocycles. The zero-order valence-electron chi connectivity index (χ0n) is 15.9. The Morgan fingerprint density at radius 3 is 2.85 bits per heavy atom. The third-order valence-electron chi connectivity index (χ3n) is 4.67. The van der Waals surface area contributed by atoms with E-state index in [1.54, 1.807) is 0 Å². The molecule has 1 saturated heterocycles. The Kier molecular flexibility index (Phi) is 6.61. The fourth-order valence-corrected chi connectivity index (χ4v) is 4.44. The van der Waals surface area contributed by atoms with E-state index in [1.807, 2.05) is 24.0 Å². The van der Waals surface area contributed by atoms with Crippen LogP contribution in [0.3, 0.4) is 0 Å². The van der Waals surface area contributed by atoms with Crippen molar-refractivity contribution >= 4 is 17.7 Å². The fraction of sp³-hybridized carbons (Fsp3) is 0.500. The predicted molar refractivity (Wildman–Crippen MR) is 111 cm³/mol. The lowest BCUT2D eigenvalue weighted by Crippen LogP contribution is -2.48. The minimum atomic E-state index is 0.677. The van der Waals surface area contributed by atoms with Gasteiger partial charge in [0.2, 0.25) is 0 Å². The third kappa shape index (κ3) is 5.04. The van der Waals surface area contributed by atoms with Crippen LogP contribution >= 0.6 is 11.8 Å². The number of aliphatic imine (C=N–C) groups is 1. The van der Waals surface area contributed by atoms with Gasteiger partial charge in [0.15, 0.2) is 5.96 Å². The Morgan fingerprint density at radius 1 is 1.31 bits per heavy atom. The number of hydrogen-bond acceptors (Lipinski definition) is 3. The van der Waals surface area contributed by atoms with E-state index in [0.29, 0.717) is 11.2 Å². The first kappa shape index (κ1) is 18.8. The number of hydrogen-bond donors (Lipinski definition) is 1. The van der Waals surface area contributed by atoms with E-state index >= 15 is 0 Å². The molecule has 1 aliphatic heterocycles. The summed E-state index contributed by atoms with van der Waals surface area (Å²) in [6, 6.07) is 10.4. The fourth-order valence-electron chi connectivity index (χ4n) is 3.14. The van der Waals surface area contributed by atoms with E-state index in [2.05, 4.69) is 76.4 Å². The smallest absolute Gasteiger partial charge is 0.193 e. The van der Waals surface area contributed by atoms with E-state index in [1.165, 1.54) is 16.9 Å². The van der Waals surface area contributed by atoms with Crippen molar-refractivity contribution in [1.82, 2.24) is 20.0 Å². The van der Waals surface area contributed by atoms with Crippen LogP contribution < -0.4 is 5.32 Å². The van der Waals surface area contributed by atoms with Crippen LogP contribution in [-0.4, -0.2) is 51.8 Å². The second kappa shape index (κ2) is 9.12. The highest BCUT2D eigenvalue weighted by Crippen LogP contribution is 2.24. The van der Waals surface area contributed by atoms with Gasteiger partial charge in [-0.05, 0) is 11.5 Å². The molecule has 5 nitrogen and oxygen atoms in total. The molecule has 3 rings (SSSR count). The Bertz CT molecular complexity index is 710. The van der Waals surface area contributed by atoms with Gasteiger partial charge in [-0.2, -0.15) is 16.9 Å². The van der Waals surface area contributed by atoms with E-state index in [0.717, 1.165) is 32.1 Å². The van der Waals surface area contributed by atoms with Crippen molar-refractivity contribution in [3.05, 3.63) is 53.9 Å². The van der Waals surface area contributed by atoms with Gasteiger partial charge in [0, 0.05) is 49.4 Å². The summed E-state index contributed by atoms with van der Waals surface area (Å²) in [6.45, 7) is 8.28. The van der Waals surface area contributed by atoms with E-state index in [-0.39, 0.29) is 0 Å². The zero-order chi connectivity index (χ0) is 18.4. The summed E-state index contributed by atoms with van der Waals surface area (Å²) in [5.74, 6) is 2.85. The Hall–Kier alpha value is -1.95. The maximum absolute atomic E-state index is 4.49. The molecule has 26 heavy (non-hydrogen) atoms. The van der Waals surface area contributed by atoms with Crippen molar-refractivity contribution in [1.29, 1.82) is 0 Å². The minimum Gasteiger partial charge on any atom is -0.352 e. The molecule has 0 radical (unpaired) electrons. The van der Waals surface area contributed by atoms with Crippen molar-refractivity contribution < 1.29 is 0 Å². The third-order valence-corrected chi connectivity index (χ3v) is 6.21. The van der Waals surface area contributed by atoms with Crippen molar-refractivity contribution in [3.8, 4) is 0 Å². The number of benzene rings is 1. The molecule has 6 heteroatoms. The van der Waals surface area contributed by atoms with Crippen LogP contribution in [0.1, 0.15) is 25.0 Å². The maximum atomic E-state index is 4.49. The molecule has 0 saturated carbocycles. The normalized spacial score (nSPS) is 18.4. The Balaban J connectivity index is 1.54. The van der Waals surface area contributed by atoms with Crippen molar-refractivity contribution in [2.24, 2.45) is 10.9 Å². The van der Waals surface area contributed by atoms with Crippen LogP contribution in [0, 0.1) is 5.92 Å². The molecule has 0 spiro atoms. The van der Waals surface area contributed by atoms with Gasteiger partial charge < -0.3 is 10.2 Å². The zero-order valence-corrected chi connectivity index (χ0v) is 16.7. The number of nitrogens with zero attached hydrogens (tertiary/aromatic N) is 4. The van der Waals surface area contributed by atoms with Crippen LogP contribution in [0.25, 0.3) is 0 Å². The average Bonchev–Trinajstić information content (AvgIpc) is 3.10. The number of guanidine groups is 1. The molecule has 1 aromatic heterocycles. The Labute approximate surface area is 160 Å². The van der Waals surface area contributed by atoms with Gasteiger partial charge in [-0.15, -0.1) is 0 Å². The van der Waals surface area contributed by atoms with Gasteiger partial charge >= 0.3 is 0 Å². The van der Waals surface area contributed by atoms with Crippen molar-refractivity contribution in [3.63, 3.8) is 0 Å². The first-order chi connectivity index (χ1) is 12.7. The summed E-state index contributed by atoms with van der Waals surface area (Å²) >= 11 is 2.08. The van der Waals surface area contributed by atoms with Crippen LogP contribution in [0.5, 0.6) is 0 Å². The van der Waals surface area contributed by atoms with Gasteiger partial charge in [-0.25, -0.2) is 0 Å². The molecule has 140 valence electrons. The summed E-state index contributed by atoms with van der Waals surface area (Å²) in [6.07, 6.45) is 4.04. The lowest BCUT2D eigenvalue weighted by atomic mass is 10.1. The van der Waals surface area contributed by atoms with E-state index in [4.69, 9.17) is 0 Å². The molecular weight excluding hydrogens is 342 g/mol. The highest BCUT2D eigenvalue weighted by Gasteiger charge is 2.24. The number of aromatic nitrogens is 2. The summed E-state index contributed by atoms with van der Waals surface area (Å²) in [5.41, 5.74) is 2.44. The standard InChI is InChI=1S/C20H29N5S/c1-16(2)19-15-24(9-10-26-19)20(21-3)22-11-18-12-23-25(14-18)13-17-7-5-4-6-8-17/h4-8,12,14,16,19H,9-11,13,15H2,1-3H3,(H,21,22). The lowest BCUT2D eigenvalue weighted by molar-refractivity contribution is 0.380. The monoisotopic (exact) mass is 371 g/mol. The summed E-state index contributed by atoms with van der Waals surface area (Å²) in [5, 5.41) is 8.67. The molecule has 1 aromatic carbocycles. The van der Waals surface area contributed by atoms with Crippen LogP contribution in [-0.2, 0) is 13.1 Å². The van der Waals surface area contributed by atoms with Gasteiger partial charge in [0.25, 0.3) is 0 Å².